The molecule has 5 rings (SSSR count). The Morgan fingerprint density at radius 3 is 2.74 bits per heavy atom. The fourth-order valence-electron chi connectivity index (χ4n) is 4.86. The molecule has 2 aromatic rings. The fraction of sp³-hybridized carbons (Fsp3) is 0.259. The highest BCUT2D eigenvalue weighted by Gasteiger charge is 2.32. The molecule has 0 spiro atoms. The van der Waals surface area contributed by atoms with E-state index in [2.05, 4.69) is 25.6 Å². The first kappa shape index (κ1) is 25.9. The van der Waals surface area contributed by atoms with Crippen molar-refractivity contribution in [3.05, 3.63) is 59.5 Å². The van der Waals surface area contributed by atoms with Gasteiger partial charge in [0.1, 0.15) is 23.2 Å². The van der Waals surface area contributed by atoms with E-state index in [4.69, 9.17) is 10.5 Å². The largest absolute Gasteiger partial charge is 0.495 e. The van der Waals surface area contributed by atoms with Gasteiger partial charge in [-0.3, -0.25) is 9.59 Å². The first-order valence-corrected chi connectivity index (χ1v) is 12.3. The molecule has 11 nitrogen and oxygen atoms in total. The molecule has 3 aliphatic rings. The molecule has 39 heavy (non-hydrogen) atoms. The SMILES string of the molecule is COc1cc2c(cc1Nc1nc(Nc3cccc(F)c3C(N)=O)c3ccnc-3[nH]1)N(C(=O)CN(C)C)[C@H](C)C2. The third kappa shape index (κ3) is 4.93. The summed E-state index contributed by atoms with van der Waals surface area (Å²) < 4.78 is 20.0. The van der Waals surface area contributed by atoms with Crippen LogP contribution in [0, 0.1) is 5.82 Å². The molecule has 12 heteroatoms. The zero-order valence-corrected chi connectivity index (χ0v) is 22.0. The number of likely N-dealkylation sites (N-methyl/N-ethyl adjacent to an activating group) is 1. The molecule has 0 bridgehead atoms. The number of aromatic amines is 1. The fourth-order valence-corrected chi connectivity index (χ4v) is 4.86. The molecular formula is C27H29FN8O3. The summed E-state index contributed by atoms with van der Waals surface area (Å²) in [5, 5.41) is 6.26. The van der Waals surface area contributed by atoms with Crippen LogP contribution in [-0.4, -0.2) is 65.5 Å². The van der Waals surface area contributed by atoms with Gasteiger partial charge in [0.25, 0.3) is 5.91 Å². The maximum Gasteiger partial charge on any atom is 0.253 e. The van der Waals surface area contributed by atoms with Crippen molar-refractivity contribution in [2.24, 2.45) is 5.73 Å². The number of anilines is 5. The first-order valence-electron chi connectivity index (χ1n) is 12.3. The summed E-state index contributed by atoms with van der Waals surface area (Å²) in [7, 11) is 5.29. The highest BCUT2D eigenvalue weighted by molar-refractivity contribution is 6.00. The number of fused-ring (bicyclic) bond motifs is 2. The van der Waals surface area contributed by atoms with Gasteiger partial charge in [-0.05, 0) is 63.3 Å². The average molecular weight is 533 g/mol. The van der Waals surface area contributed by atoms with Crippen LogP contribution < -0.4 is 26.0 Å². The van der Waals surface area contributed by atoms with Gasteiger partial charge < -0.3 is 35.9 Å². The molecule has 0 unspecified atom stereocenters. The predicted molar refractivity (Wildman–Crippen MR) is 147 cm³/mol. The van der Waals surface area contributed by atoms with Crippen molar-refractivity contribution in [2.75, 3.05) is 43.3 Å². The summed E-state index contributed by atoms with van der Waals surface area (Å²) in [6.07, 6.45) is 2.31. The monoisotopic (exact) mass is 532 g/mol. The Bertz CT molecular complexity index is 1540. The lowest BCUT2D eigenvalue weighted by Crippen LogP contribution is -2.41. The molecule has 1 atom stereocenters. The maximum absolute atomic E-state index is 14.4. The molecule has 0 aromatic heterocycles. The van der Waals surface area contributed by atoms with Crippen LogP contribution in [0.1, 0.15) is 22.8 Å². The third-order valence-electron chi connectivity index (χ3n) is 6.52. The molecule has 3 aliphatic heterocycles. The number of nitrogens with one attached hydrogen (secondary N) is 3. The Labute approximate surface area is 224 Å². The Hall–Kier alpha value is -4.71. The Morgan fingerprint density at radius 2 is 2.03 bits per heavy atom. The van der Waals surface area contributed by atoms with Crippen LogP contribution in [0.5, 0.6) is 5.75 Å². The zero-order valence-electron chi connectivity index (χ0n) is 22.0. The van der Waals surface area contributed by atoms with E-state index in [1.54, 1.807) is 30.3 Å². The molecule has 2 amide bonds. The molecule has 0 saturated carbocycles. The van der Waals surface area contributed by atoms with Gasteiger partial charge in [-0.2, -0.15) is 4.98 Å². The molecule has 5 N–H and O–H groups in total. The summed E-state index contributed by atoms with van der Waals surface area (Å²) in [5.74, 6) is 0.0631. The van der Waals surface area contributed by atoms with E-state index in [1.165, 1.54) is 6.07 Å². The summed E-state index contributed by atoms with van der Waals surface area (Å²) >= 11 is 0. The number of rotatable bonds is 8. The Morgan fingerprint density at radius 1 is 1.23 bits per heavy atom. The first-order chi connectivity index (χ1) is 18.7. The number of methoxy groups -OCH3 is 1. The Kier molecular flexibility index (Phi) is 6.79. The molecule has 0 fully saturated rings. The van der Waals surface area contributed by atoms with Gasteiger partial charge in [0, 0.05) is 17.9 Å². The van der Waals surface area contributed by atoms with E-state index in [-0.39, 0.29) is 29.7 Å². The third-order valence-corrected chi connectivity index (χ3v) is 6.52. The molecule has 0 radical (unpaired) electrons. The van der Waals surface area contributed by atoms with Gasteiger partial charge in [-0.1, -0.05) is 6.07 Å². The van der Waals surface area contributed by atoms with Gasteiger partial charge >= 0.3 is 0 Å². The number of H-pyrrole nitrogens is 1. The number of carbonyl (C=O) groups excluding carboxylic acids is 2. The quantitative estimate of drug-likeness (QED) is 0.270. The van der Waals surface area contributed by atoms with E-state index in [9.17, 15) is 14.0 Å². The second kappa shape index (κ2) is 10.2. The molecule has 202 valence electrons. The minimum atomic E-state index is -0.904. The van der Waals surface area contributed by atoms with E-state index in [0.29, 0.717) is 41.0 Å². The lowest BCUT2D eigenvalue weighted by Gasteiger charge is -2.25. The topological polar surface area (TPSA) is 142 Å². The lowest BCUT2D eigenvalue weighted by atomic mass is 10.1. The number of hydrogen-bond donors (Lipinski definition) is 4. The van der Waals surface area contributed by atoms with E-state index in [0.717, 1.165) is 17.3 Å². The normalized spacial score (nSPS) is 14.5. The number of carbonyl (C=O) groups is 2. The van der Waals surface area contributed by atoms with Crippen LogP contribution in [0.25, 0.3) is 11.4 Å². The van der Waals surface area contributed by atoms with E-state index < -0.39 is 11.7 Å². The summed E-state index contributed by atoms with van der Waals surface area (Å²) in [6.45, 7) is 2.30. The summed E-state index contributed by atoms with van der Waals surface area (Å²) in [5.41, 5.74) is 8.34. The number of amides is 2. The van der Waals surface area contributed by atoms with Crippen LogP contribution in [0.2, 0.25) is 0 Å². The standard InChI is InChI=1S/C27H29FN8O3/c1-14-10-15-11-21(39-4)19(12-20(15)36(14)22(37)13-35(2)3)32-27-33-25-16(8-9-30-25)26(34-27)31-18-7-5-6-17(28)23(18)24(29)38/h5-9,11-12,14H,10,13H2,1-4H3,(H2,29,38)(H3,30,31,32,33,34)/t14-/m1/s1. The highest BCUT2D eigenvalue weighted by atomic mass is 19.1. The minimum Gasteiger partial charge on any atom is -0.495 e. The van der Waals surface area contributed by atoms with Gasteiger partial charge in [-0.15, -0.1) is 0 Å². The van der Waals surface area contributed by atoms with Crippen LogP contribution in [0.15, 0.2) is 42.6 Å². The van der Waals surface area contributed by atoms with Gasteiger partial charge in [0.05, 0.1) is 36.2 Å². The van der Waals surface area contributed by atoms with E-state index >= 15 is 0 Å². The molecule has 3 heterocycles. The van der Waals surface area contributed by atoms with Crippen molar-refractivity contribution in [3.63, 3.8) is 0 Å². The number of nitrogens with zero attached hydrogens (tertiary/aromatic N) is 4. The minimum absolute atomic E-state index is 0.00120. The second-order valence-electron chi connectivity index (χ2n) is 9.65. The molecule has 2 aromatic carbocycles. The number of ether oxygens (including phenoxy) is 1. The number of primary amides is 1. The van der Waals surface area contributed by atoms with Gasteiger partial charge in [0.15, 0.2) is 0 Å². The second-order valence-corrected chi connectivity index (χ2v) is 9.65. The van der Waals surface area contributed by atoms with Crippen LogP contribution in [0.3, 0.4) is 0 Å². The molecular weight excluding hydrogens is 503 g/mol. The lowest BCUT2D eigenvalue weighted by molar-refractivity contribution is -0.119. The number of hydrogen-bond acceptors (Lipinski definition) is 8. The number of halogens is 1. The molecule has 0 aliphatic carbocycles. The number of nitrogens with two attached hydrogens (primary N) is 1. The van der Waals surface area contributed by atoms with Crippen LogP contribution in [-0.2, 0) is 11.2 Å². The van der Waals surface area contributed by atoms with Crippen molar-refractivity contribution < 1.29 is 18.7 Å². The van der Waals surface area contributed by atoms with Gasteiger partial charge in [0.2, 0.25) is 11.9 Å². The maximum atomic E-state index is 14.4. The Balaban J connectivity index is 1.53. The smallest absolute Gasteiger partial charge is 0.253 e. The van der Waals surface area contributed by atoms with Crippen LogP contribution in [0.4, 0.5) is 33.2 Å². The van der Waals surface area contributed by atoms with Crippen molar-refractivity contribution in [3.8, 4) is 17.1 Å². The zero-order chi connectivity index (χ0) is 27.8. The van der Waals surface area contributed by atoms with Crippen molar-refractivity contribution >= 4 is 40.6 Å². The van der Waals surface area contributed by atoms with Crippen molar-refractivity contribution in [1.82, 2.24) is 19.9 Å². The summed E-state index contributed by atoms with van der Waals surface area (Å²) in [4.78, 5) is 40.7. The predicted octanol–water partition coefficient (Wildman–Crippen LogP) is 3.48. The number of aromatic nitrogens is 3. The van der Waals surface area contributed by atoms with Gasteiger partial charge in [-0.25, -0.2) is 9.37 Å². The van der Waals surface area contributed by atoms with Crippen molar-refractivity contribution in [2.45, 2.75) is 19.4 Å². The average Bonchev–Trinajstić information content (AvgIpc) is 3.46. The summed E-state index contributed by atoms with van der Waals surface area (Å²) in [6, 6.07) is 9.70. The van der Waals surface area contributed by atoms with E-state index in [1.807, 2.05) is 38.1 Å². The molecule has 0 saturated heterocycles. The van der Waals surface area contributed by atoms with Crippen LogP contribution >= 0.6 is 0 Å². The van der Waals surface area contributed by atoms with Crippen molar-refractivity contribution in [1.29, 1.82) is 0 Å². The number of benzene rings is 2. The highest BCUT2D eigenvalue weighted by Crippen LogP contribution is 2.41.